The van der Waals surface area contributed by atoms with Gasteiger partial charge < -0.3 is 20.1 Å². The fourth-order valence-electron chi connectivity index (χ4n) is 4.37. The van der Waals surface area contributed by atoms with Gasteiger partial charge in [-0.05, 0) is 72.5 Å². The van der Waals surface area contributed by atoms with E-state index in [0.29, 0.717) is 6.54 Å². The highest BCUT2D eigenvalue weighted by Gasteiger charge is 2.39. The molecule has 0 aliphatic carbocycles. The monoisotopic (exact) mass is 416 g/mol. The van der Waals surface area contributed by atoms with Crippen LogP contribution in [0.3, 0.4) is 0 Å². The lowest BCUT2D eigenvalue weighted by Gasteiger charge is -2.45. The summed E-state index contributed by atoms with van der Waals surface area (Å²) in [7, 11) is 0. The number of aliphatic imine (C=N–C) groups is 1. The molecule has 30 heavy (non-hydrogen) atoms. The Bertz CT molecular complexity index is 687. The first-order valence-electron chi connectivity index (χ1n) is 11.5. The van der Waals surface area contributed by atoms with Gasteiger partial charge in [0, 0.05) is 37.4 Å². The Morgan fingerprint density at radius 2 is 1.83 bits per heavy atom. The Labute approximate surface area is 182 Å². The first kappa shape index (κ1) is 22.9. The topological polar surface area (TPSA) is 58.1 Å². The van der Waals surface area contributed by atoms with Gasteiger partial charge in [-0.1, -0.05) is 18.2 Å². The Morgan fingerprint density at radius 1 is 1.13 bits per heavy atom. The second kappa shape index (κ2) is 10.5. The quantitative estimate of drug-likeness (QED) is 0.526. The molecule has 2 heterocycles. The van der Waals surface area contributed by atoms with E-state index in [1.807, 2.05) is 18.2 Å². The molecular formula is C24H40N4O2. The molecule has 0 saturated carbocycles. The molecule has 2 saturated heterocycles. The molecule has 2 aliphatic rings. The molecule has 6 nitrogen and oxygen atoms in total. The smallest absolute Gasteiger partial charge is 0.191 e. The number of ether oxygens (including phenoxy) is 2. The van der Waals surface area contributed by atoms with Crippen LogP contribution >= 0.6 is 0 Å². The van der Waals surface area contributed by atoms with Gasteiger partial charge in [-0.2, -0.15) is 0 Å². The molecule has 0 radical (unpaired) electrons. The minimum atomic E-state index is -0.228. The SMILES string of the molecule is CCNC(=NCc1ccccc1OC(C)(C)C)NCC1(N2CCCC2)CCOCC1. The second-order valence-corrected chi connectivity index (χ2v) is 9.40. The van der Waals surface area contributed by atoms with Gasteiger partial charge >= 0.3 is 0 Å². The molecule has 0 atom stereocenters. The Morgan fingerprint density at radius 3 is 2.50 bits per heavy atom. The largest absolute Gasteiger partial charge is 0.488 e. The summed E-state index contributed by atoms with van der Waals surface area (Å²) in [6.45, 7) is 14.8. The highest BCUT2D eigenvalue weighted by atomic mass is 16.5. The molecule has 3 rings (SSSR count). The van der Waals surface area contributed by atoms with Crippen LogP contribution in [0, 0.1) is 0 Å². The van der Waals surface area contributed by atoms with Gasteiger partial charge in [0.1, 0.15) is 11.4 Å². The highest BCUT2D eigenvalue weighted by molar-refractivity contribution is 5.79. The van der Waals surface area contributed by atoms with E-state index in [1.165, 1.54) is 25.9 Å². The summed E-state index contributed by atoms with van der Waals surface area (Å²) < 4.78 is 11.8. The number of nitrogens with one attached hydrogen (secondary N) is 2. The van der Waals surface area contributed by atoms with Gasteiger partial charge in [-0.15, -0.1) is 0 Å². The Kier molecular flexibility index (Phi) is 8.00. The number of guanidine groups is 1. The molecule has 1 aromatic carbocycles. The normalized spacial score (nSPS) is 20.2. The summed E-state index contributed by atoms with van der Waals surface area (Å²) in [4.78, 5) is 7.56. The van der Waals surface area contributed by atoms with Gasteiger partial charge in [0.15, 0.2) is 5.96 Å². The molecule has 2 N–H and O–H groups in total. The third-order valence-corrected chi connectivity index (χ3v) is 5.93. The molecule has 0 bridgehead atoms. The maximum absolute atomic E-state index is 6.13. The van der Waals surface area contributed by atoms with Gasteiger partial charge in [0.25, 0.3) is 0 Å². The van der Waals surface area contributed by atoms with Crippen LogP contribution in [0.25, 0.3) is 0 Å². The van der Waals surface area contributed by atoms with Gasteiger partial charge in [-0.25, -0.2) is 4.99 Å². The first-order valence-corrected chi connectivity index (χ1v) is 11.5. The number of likely N-dealkylation sites (tertiary alicyclic amines) is 1. The molecular weight excluding hydrogens is 376 g/mol. The van der Waals surface area contributed by atoms with E-state index in [9.17, 15) is 0 Å². The zero-order valence-corrected chi connectivity index (χ0v) is 19.3. The molecule has 0 amide bonds. The van der Waals surface area contributed by atoms with E-state index in [2.05, 4.69) is 49.3 Å². The van der Waals surface area contributed by atoms with Crippen molar-refractivity contribution in [2.75, 3.05) is 39.4 Å². The van der Waals surface area contributed by atoms with E-state index < -0.39 is 0 Å². The van der Waals surface area contributed by atoms with Crippen molar-refractivity contribution in [1.82, 2.24) is 15.5 Å². The average Bonchev–Trinajstić information content (AvgIpc) is 3.26. The Hall–Kier alpha value is -1.79. The molecule has 0 spiro atoms. The van der Waals surface area contributed by atoms with Crippen molar-refractivity contribution in [2.24, 2.45) is 4.99 Å². The maximum atomic E-state index is 6.13. The highest BCUT2D eigenvalue weighted by Crippen LogP contribution is 2.30. The predicted octanol–water partition coefficient (Wildman–Crippen LogP) is 3.56. The van der Waals surface area contributed by atoms with Crippen molar-refractivity contribution in [3.8, 4) is 5.75 Å². The number of hydrogen-bond donors (Lipinski definition) is 2. The molecule has 168 valence electrons. The second-order valence-electron chi connectivity index (χ2n) is 9.40. The third kappa shape index (κ3) is 6.35. The van der Waals surface area contributed by atoms with Crippen LogP contribution in [0.5, 0.6) is 5.75 Å². The van der Waals surface area contributed by atoms with Crippen LogP contribution in [0.15, 0.2) is 29.3 Å². The lowest BCUT2D eigenvalue weighted by Crippen LogP contribution is -2.58. The van der Waals surface area contributed by atoms with Crippen LogP contribution in [0.2, 0.25) is 0 Å². The van der Waals surface area contributed by atoms with E-state index in [0.717, 1.165) is 56.4 Å². The molecule has 0 unspecified atom stereocenters. The van der Waals surface area contributed by atoms with Crippen molar-refractivity contribution in [3.63, 3.8) is 0 Å². The summed E-state index contributed by atoms with van der Waals surface area (Å²) in [5.74, 6) is 1.77. The number of benzene rings is 1. The number of para-hydroxylation sites is 1. The standard InChI is InChI=1S/C24H40N4O2/c1-5-25-22(26-18-20-10-6-7-11-21(20)30-23(2,3)4)27-19-24(12-16-29-17-13-24)28-14-8-9-15-28/h6-7,10-11H,5,8-9,12-19H2,1-4H3,(H2,25,26,27). The minimum Gasteiger partial charge on any atom is -0.488 e. The summed E-state index contributed by atoms with van der Waals surface area (Å²) in [6.07, 6.45) is 4.78. The molecule has 0 aromatic heterocycles. The lowest BCUT2D eigenvalue weighted by atomic mass is 9.88. The van der Waals surface area contributed by atoms with Crippen molar-refractivity contribution in [3.05, 3.63) is 29.8 Å². The fourth-order valence-corrected chi connectivity index (χ4v) is 4.37. The van der Waals surface area contributed by atoms with Crippen LogP contribution in [-0.2, 0) is 11.3 Å². The summed E-state index contributed by atoms with van der Waals surface area (Å²) in [5.41, 5.74) is 1.05. The van der Waals surface area contributed by atoms with Gasteiger partial charge in [0.05, 0.1) is 6.54 Å². The van der Waals surface area contributed by atoms with Crippen LogP contribution in [-0.4, -0.2) is 61.4 Å². The fraction of sp³-hybridized carbons (Fsp3) is 0.708. The number of rotatable bonds is 7. The van der Waals surface area contributed by atoms with Crippen LogP contribution < -0.4 is 15.4 Å². The van der Waals surface area contributed by atoms with Crippen molar-refractivity contribution < 1.29 is 9.47 Å². The Balaban J connectivity index is 1.69. The third-order valence-electron chi connectivity index (χ3n) is 5.93. The van der Waals surface area contributed by atoms with Crippen LogP contribution in [0.4, 0.5) is 0 Å². The van der Waals surface area contributed by atoms with Crippen molar-refractivity contribution >= 4 is 5.96 Å². The summed E-state index contributed by atoms with van der Waals surface area (Å²) in [5, 5.41) is 7.06. The first-order chi connectivity index (χ1) is 14.4. The van der Waals surface area contributed by atoms with Crippen molar-refractivity contribution in [1.29, 1.82) is 0 Å². The molecule has 2 fully saturated rings. The summed E-state index contributed by atoms with van der Waals surface area (Å²) in [6, 6.07) is 8.19. The minimum absolute atomic E-state index is 0.179. The molecule has 1 aromatic rings. The predicted molar refractivity (Wildman–Crippen MR) is 123 cm³/mol. The van der Waals surface area contributed by atoms with Gasteiger partial charge in [0.2, 0.25) is 0 Å². The van der Waals surface area contributed by atoms with E-state index >= 15 is 0 Å². The number of hydrogen-bond acceptors (Lipinski definition) is 4. The molecule has 6 heteroatoms. The van der Waals surface area contributed by atoms with Gasteiger partial charge in [-0.3, -0.25) is 4.90 Å². The zero-order valence-electron chi connectivity index (χ0n) is 19.3. The maximum Gasteiger partial charge on any atom is 0.191 e. The van der Waals surface area contributed by atoms with E-state index in [1.54, 1.807) is 0 Å². The van der Waals surface area contributed by atoms with E-state index in [-0.39, 0.29) is 11.1 Å². The number of nitrogens with zero attached hydrogens (tertiary/aromatic N) is 2. The van der Waals surface area contributed by atoms with Crippen molar-refractivity contribution in [2.45, 2.75) is 71.1 Å². The average molecular weight is 417 g/mol. The summed E-state index contributed by atoms with van der Waals surface area (Å²) >= 11 is 0. The zero-order chi connectivity index (χ0) is 21.5. The lowest BCUT2D eigenvalue weighted by molar-refractivity contribution is -0.0164. The molecule has 2 aliphatic heterocycles. The van der Waals surface area contributed by atoms with Crippen LogP contribution in [0.1, 0.15) is 58.9 Å². The van der Waals surface area contributed by atoms with E-state index in [4.69, 9.17) is 14.5 Å².